The highest BCUT2D eigenvalue weighted by atomic mass is 79.9. The summed E-state index contributed by atoms with van der Waals surface area (Å²) in [6.45, 7) is 2.21. The van der Waals surface area contributed by atoms with Crippen molar-refractivity contribution in [3.63, 3.8) is 0 Å². The van der Waals surface area contributed by atoms with Crippen LogP contribution in [0.1, 0.15) is 31.9 Å². The van der Waals surface area contributed by atoms with Crippen molar-refractivity contribution >= 4 is 43.2 Å². The molecule has 0 saturated carbocycles. The van der Waals surface area contributed by atoms with Crippen LogP contribution < -0.4 is 0 Å². The van der Waals surface area contributed by atoms with Gasteiger partial charge in [0.05, 0.1) is 9.48 Å². The summed E-state index contributed by atoms with van der Waals surface area (Å²) in [7, 11) is 0. The van der Waals surface area contributed by atoms with Crippen molar-refractivity contribution in [3.05, 3.63) is 13.4 Å². The molecule has 0 aromatic carbocycles. The molecular weight excluding hydrogens is 302 g/mol. The molecule has 0 N–H and O–H groups in total. The number of hydrogen-bond donors (Lipinski definition) is 0. The maximum absolute atomic E-state index is 4.37. The van der Waals surface area contributed by atoms with Gasteiger partial charge in [-0.05, 0) is 44.7 Å². The summed E-state index contributed by atoms with van der Waals surface area (Å²) < 4.78 is 2.14. The number of halogens is 2. The maximum atomic E-state index is 4.37. The Morgan fingerprint density at radius 3 is 2.58 bits per heavy atom. The molecule has 0 radical (unpaired) electrons. The van der Waals surface area contributed by atoms with Crippen LogP contribution >= 0.6 is 43.2 Å². The second kappa shape index (κ2) is 5.35. The standard InChI is InChI=1S/C8H11Br2NS/c1-2-3-4-5-6-7(9)12-8(10)11-6/h2-5H2,1H3. The maximum Gasteiger partial charge on any atom is 0.160 e. The molecule has 0 fully saturated rings. The van der Waals surface area contributed by atoms with Gasteiger partial charge in [-0.25, -0.2) is 4.98 Å². The first-order valence-corrected chi connectivity index (χ1v) is 6.45. The van der Waals surface area contributed by atoms with Crippen LogP contribution in [-0.4, -0.2) is 4.98 Å². The monoisotopic (exact) mass is 311 g/mol. The highest BCUT2D eigenvalue weighted by Gasteiger charge is 2.05. The van der Waals surface area contributed by atoms with Gasteiger partial charge in [-0.15, -0.1) is 0 Å². The van der Waals surface area contributed by atoms with Crippen LogP contribution in [0.15, 0.2) is 7.70 Å². The Labute approximate surface area is 93.9 Å². The Bertz CT molecular complexity index is 247. The third kappa shape index (κ3) is 3.15. The third-order valence-electron chi connectivity index (χ3n) is 1.64. The van der Waals surface area contributed by atoms with E-state index in [0.29, 0.717) is 0 Å². The molecule has 0 aliphatic carbocycles. The molecule has 1 nitrogen and oxygen atoms in total. The second-order valence-corrected chi connectivity index (χ2v) is 6.24. The van der Waals surface area contributed by atoms with E-state index in [1.54, 1.807) is 11.3 Å². The van der Waals surface area contributed by atoms with E-state index in [9.17, 15) is 0 Å². The van der Waals surface area contributed by atoms with E-state index in [1.165, 1.54) is 28.7 Å². The zero-order valence-electron chi connectivity index (χ0n) is 6.94. The van der Waals surface area contributed by atoms with Crippen LogP contribution in [0.4, 0.5) is 0 Å². The van der Waals surface area contributed by atoms with E-state index in [4.69, 9.17) is 0 Å². The topological polar surface area (TPSA) is 12.9 Å². The van der Waals surface area contributed by atoms with Crippen molar-refractivity contribution in [2.75, 3.05) is 0 Å². The molecule has 0 bridgehead atoms. The second-order valence-electron chi connectivity index (χ2n) is 2.64. The predicted molar refractivity (Wildman–Crippen MR) is 60.7 cm³/mol. The van der Waals surface area contributed by atoms with Gasteiger partial charge in [0.1, 0.15) is 0 Å². The number of rotatable bonds is 4. The fourth-order valence-corrected chi connectivity index (χ4v) is 3.67. The van der Waals surface area contributed by atoms with Gasteiger partial charge >= 0.3 is 0 Å². The lowest BCUT2D eigenvalue weighted by Gasteiger charge is -1.95. The lowest BCUT2D eigenvalue weighted by Crippen LogP contribution is -1.85. The lowest BCUT2D eigenvalue weighted by atomic mass is 10.2. The molecule has 1 aromatic heterocycles. The average Bonchev–Trinajstić information content (AvgIpc) is 2.31. The molecule has 0 aliphatic rings. The van der Waals surface area contributed by atoms with Crippen molar-refractivity contribution in [2.45, 2.75) is 32.6 Å². The molecule has 68 valence electrons. The van der Waals surface area contributed by atoms with Gasteiger partial charge in [0.15, 0.2) is 3.92 Å². The van der Waals surface area contributed by atoms with E-state index >= 15 is 0 Å². The van der Waals surface area contributed by atoms with Gasteiger partial charge in [-0.2, -0.15) is 0 Å². The SMILES string of the molecule is CCCCCc1nc(Br)sc1Br. The Kier molecular flexibility index (Phi) is 4.75. The zero-order chi connectivity index (χ0) is 8.97. The molecule has 12 heavy (non-hydrogen) atoms. The minimum Gasteiger partial charge on any atom is -0.233 e. The summed E-state index contributed by atoms with van der Waals surface area (Å²) in [6, 6.07) is 0. The summed E-state index contributed by atoms with van der Waals surface area (Å²) in [5.41, 5.74) is 1.19. The lowest BCUT2D eigenvalue weighted by molar-refractivity contribution is 0.708. The van der Waals surface area contributed by atoms with Crippen LogP contribution in [0.2, 0.25) is 0 Å². The first-order chi connectivity index (χ1) is 5.74. The normalized spacial score (nSPS) is 10.6. The van der Waals surface area contributed by atoms with Gasteiger partial charge in [0.2, 0.25) is 0 Å². The summed E-state index contributed by atoms with van der Waals surface area (Å²) in [6.07, 6.45) is 4.90. The Balaban J connectivity index is 2.45. The van der Waals surface area contributed by atoms with Gasteiger partial charge < -0.3 is 0 Å². The molecule has 0 spiro atoms. The van der Waals surface area contributed by atoms with Crippen molar-refractivity contribution in [3.8, 4) is 0 Å². The largest absolute Gasteiger partial charge is 0.233 e. The fourth-order valence-electron chi connectivity index (χ4n) is 1.00. The van der Waals surface area contributed by atoms with Crippen molar-refractivity contribution < 1.29 is 0 Å². The van der Waals surface area contributed by atoms with Crippen LogP contribution in [0.5, 0.6) is 0 Å². The van der Waals surface area contributed by atoms with E-state index in [2.05, 4.69) is 43.8 Å². The summed E-state index contributed by atoms with van der Waals surface area (Å²) in [5, 5.41) is 0. The summed E-state index contributed by atoms with van der Waals surface area (Å²) >= 11 is 8.51. The minimum atomic E-state index is 0.973. The van der Waals surface area contributed by atoms with Crippen molar-refractivity contribution in [1.29, 1.82) is 0 Å². The summed E-state index contributed by atoms with van der Waals surface area (Å²) in [5.74, 6) is 0. The zero-order valence-corrected chi connectivity index (χ0v) is 10.9. The molecule has 1 heterocycles. The number of nitrogens with zero attached hydrogens (tertiary/aromatic N) is 1. The third-order valence-corrected chi connectivity index (χ3v) is 3.92. The Morgan fingerprint density at radius 2 is 2.08 bits per heavy atom. The molecule has 1 aromatic rings. The predicted octanol–water partition coefficient (Wildman–Crippen LogP) is 4.40. The number of aromatic nitrogens is 1. The molecule has 4 heteroatoms. The van der Waals surface area contributed by atoms with Gasteiger partial charge in [-0.3, -0.25) is 0 Å². The Hall–Kier alpha value is 0.590. The van der Waals surface area contributed by atoms with E-state index in [0.717, 1.165) is 10.3 Å². The number of thiazole rings is 1. The Morgan fingerprint density at radius 1 is 1.33 bits per heavy atom. The molecule has 1 rings (SSSR count). The highest BCUT2D eigenvalue weighted by Crippen LogP contribution is 2.29. The smallest absolute Gasteiger partial charge is 0.160 e. The molecular formula is C8H11Br2NS. The van der Waals surface area contributed by atoms with Crippen molar-refractivity contribution in [1.82, 2.24) is 4.98 Å². The number of hydrogen-bond acceptors (Lipinski definition) is 2. The van der Waals surface area contributed by atoms with Gasteiger partial charge in [0, 0.05) is 0 Å². The molecule has 0 amide bonds. The first-order valence-electron chi connectivity index (χ1n) is 4.04. The van der Waals surface area contributed by atoms with Crippen molar-refractivity contribution in [2.24, 2.45) is 0 Å². The quantitative estimate of drug-likeness (QED) is 0.751. The average molecular weight is 313 g/mol. The number of aryl methyl sites for hydroxylation is 1. The van der Waals surface area contributed by atoms with Crippen LogP contribution in [0.3, 0.4) is 0 Å². The van der Waals surface area contributed by atoms with Crippen LogP contribution in [0, 0.1) is 0 Å². The van der Waals surface area contributed by atoms with E-state index in [1.807, 2.05) is 0 Å². The van der Waals surface area contributed by atoms with E-state index in [-0.39, 0.29) is 0 Å². The molecule has 0 atom stereocenters. The number of unbranched alkanes of at least 4 members (excludes halogenated alkanes) is 2. The first kappa shape index (κ1) is 10.7. The fraction of sp³-hybridized carbons (Fsp3) is 0.625. The molecule has 0 saturated heterocycles. The van der Waals surface area contributed by atoms with Crippen LogP contribution in [-0.2, 0) is 6.42 Å². The van der Waals surface area contributed by atoms with E-state index < -0.39 is 0 Å². The molecule has 0 aliphatic heterocycles. The summed E-state index contributed by atoms with van der Waals surface area (Å²) in [4.78, 5) is 4.37. The highest BCUT2D eigenvalue weighted by molar-refractivity contribution is 9.12. The van der Waals surface area contributed by atoms with Crippen LogP contribution in [0.25, 0.3) is 0 Å². The molecule has 0 unspecified atom stereocenters. The van der Waals surface area contributed by atoms with Gasteiger partial charge in [-0.1, -0.05) is 31.1 Å². The minimum absolute atomic E-state index is 0.973. The van der Waals surface area contributed by atoms with Gasteiger partial charge in [0.25, 0.3) is 0 Å².